The number of anilines is 1. The van der Waals surface area contributed by atoms with Crippen molar-refractivity contribution in [2.24, 2.45) is 0 Å². The summed E-state index contributed by atoms with van der Waals surface area (Å²) in [5.74, 6) is -0.576. The van der Waals surface area contributed by atoms with Gasteiger partial charge >= 0.3 is 0 Å². The Morgan fingerprint density at radius 3 is 2.31 bits per heavy atom. The smallest absolute Gasteiger partial charge is 0.262 e. The third-order valence-corrected chi connectivity index (χ3v) is 12.2. The second-order valence-corrected chi connectivity index (χ2v) is 16.1. The molecule has 3 N–H and O–H groups in total. The maximum atomic E-state index is 15.0. The second kappa shape index (κ2) is 17.4. The van der Waals surface area contributed by atoms with Gasteiger partial charge < -0.3 is 15.4 Å². The van der Waals surface area contributed by atoms with Gasteiger partial charge in [-0.25, -0.2) is 19.0 Å². The number of hydrogen-bond donors (Lipinski definition) is 2. The van der Waals surface area contributed by atoms with E-state index in [1.54, 1.807) is 0 Å². The molecule has 3 aliphatic heterocycles. The Bertz CT molecular complexity index is 2420. The fourth-order valence-corrected chi connectivity index (χ4v) is 8.91. The topological polar surface area (TPSA) is 183 Å². The molecule has 0 radical (unpaired) electrons. The van der Waals surface area contributed by atoms with E-state index in [1.807, 2.05) is 64.2 Å². The standard InChI is InChI=1S/C43H43FN8O6S/c44-32-23-30-31(43(57)51(42(30)56)33-16-17-35(53)48-41(33)55)24-34(32)59-22-8-3-1-2-7-11-36(54)50-20-18-27(19-21-50)52-40-37(39(45)46-25-47-40)38(49-52)26-12-14-29(15-13-26)58-28-9-5-4-6-10-28/h4-6,9-10,12-15,23-25,27,33H,1-3,7-8,11,16-22H2,(H2,45,46,47)(H,48,53,55). The van der Waals surface area contributed by atoms with E-state index in [9.17, 15) is 28.4 Å². The number of ether oxygens (including phenoxy) is 1. The Hall–Kier alpha value is -6.16. The Morgan fingerprint density at radius 1 is 0.864 bits per heavy atom. The number of carbonyl (C=O) groups excluding carboxylic acids is 5. The van der Waals surface area contributed by atoms with Crippen LogP contribution in [0.2, 0.25) is 0 Å². The molecule has 5 heterocycles. The van der Waals surface area contributed by atoms with Crippen LogP contribution in [0.25, 0.3) is 22.3 Å². The quantitative estimate of drug-likeness (QED) is 0.0691. The Labute approximate surface area is 343 Å². The normalized spacial score (nSPS) is 17.1. The van der Waals surface area contributed by atoms with Gasteiger partial charge in [-0.2, -0.15) is 5.10 Å². The number of nitrogens with one attached hydrogen (secondary N) is 1. The van der Waals surface area contributed by atoms with Gasteiger partial charge in [0.15, 0.2) is 5.65 Å². The monoisotopic (exact) mass is 818 g/mol. The largest absolute Gasteiger partial charge is 0.457 e. The number of benzene rings is 3. The van der Waals surface area contributed by atoms with Crippen LogP contribution in [0.5, 0.6) is 11.5 Å². The number of piperidine rings is 2. The maximum absolute atomic E-state index is 15.0. The van der Waals surface area contributed by atoms with Crippen LogP contribution in [0.3, 0.4) is 0 Å². The zero-order chi connectivity index (χ0) is 41.0. The molecular weight excluding hydrogens is 776 g/mol. The number of para-hydroxylation sites is 1. The molecule has 3 aromatic carbocycles. The van der Waals surface area contributed by atoms with Crippen LogP contribution in [0.1, 0.15) is 91.0 Å². The minimum atomic E-state index is -1.10. The molecule has 8 rings (SSSR count). The lowest BCUT2D eigenvalue weighted by atomic mass is 10.0. The van der Waals surface area contributed by atoms with Gasteiger partial charge in [0.05, 0.1) is 22.6 Å². The number of fused-ring (bicyclic) bond motifs is 2. The van der Waals surface area contributed by atoms with Crippen molar-refractivity contribution in [1.82, 2.24) is 34.9 Å². The molecule has 59 heavy (non-hydrogen) atoms. The van der Waals surface area contributed by atoms with Crippen molar-refractivity contribution in [1.29, 1.82) is 0 Å². The second-order valence-electron chi connectivity index (χ2n) is 14.9. The predicted molar refractivity (Wildman–Crippen MR) is 218 cm³/mol. The van der Waals surface area contributed by atoms with Crippen LogP contribution in [0, 0.1) is 5.82 Å². The Balaban J connectivity index is 0.770. The number of likely N-dealkylation sites (tertiary alicyclic amines) is 1. The fourth-order valence-electron chi connectivity index (χ4n) is 7.95. The van der Waals surface area contributed by atoms with Gasteiger partial charge in [-0.15, -0.1) is 11.8 Å². The molecule has 5 amide bonds. The van der Waals surface area contributed by atoms with Crippen LogP contribution >= 0.6 is 11.8 Å². The zero-order valence-electron chi connectivity index (χ0n) is 32.3. The number of hydrogen-bond acceptors (Lipinski definition) is 11. The van der Waals surface area contributed by atoms with Crippen LogP contribution in [0.15, 0.2) is 78.0 Å². The summed E-state index contributed by atoms with van der Waals surface area (Å²) in [7, 11) is 0. The summed E-state index contributed by atoms with van der Waals surface area (Å²) in [6.45, 7) is 1.24. The summed E-state index contributed by atoms with van der Waals surface area (Å²) in [5.41, 5.74) is 8.60. The number of nitrogen functional groups attached to an aromatic ring is 1. The molecule has 0 bridgehead atoms. The molecule has 0 aliphatic carbocycles. The van der Waals surface area contributed by atoms with E-state index in [-0.39, 0.29) is 40.8 Å². The van der Waals surface area contributed by atoms with E-state index in [0.29, 0.717) is 53.6 Å². The van der Waals surface area contributed by atoms with Crippen LogP contribution in [0.4, 0.5) is 10.2 Å². The molecule has 5 aromatic rings. The van der Waals surface area contributed by atoms with Crippen molar-refractivity contribution in [3.05, 3.63) is 90.0 Å². The molecule has 3 aliphatic rings. The highest BCUT2D eigenvalue weighted by molar-refractivity contribution is 7.99. The number of nitrogens with two attached hydrogens (primary N) is 1. The highest BCUT2D eigenvalue weighted by Crippen LogP contribution is 2.36. The lowest BCUT2D eigenvalue weighted by molar-refractivity contribution is -0.136. The van der Waals surface area contributed by atoms with Crippen molar-refractivity contribution in [3.63, 3.8) is 0 Å². The van der Waals surface area contributed by atoms with Gasteiger partial charge in [0.2, 0.25) is 17.7 Å². The highest BCUT2D eigenvalue weighted by atomic mass is 32.2. The van der Waals surface area contributed by atoms with Crippen molar-refractivity contribution in [2.45, 2.75) is 81.2 Å². The number of unbranched alkanes of at least 4 members (excludes halogenated alkanes) is 4. The third kappa shape index (κ3) is 8.40. The molecule has 1 atom stereocenters. The number of imide groups is 2. The number of amides is 5. The van der Waals surface area contributed by atoms with E-state index in [0.717, 1.165) is 67.2 Å². The van der Waals surface area contributed by atoms with Crippen molar-refractivity contribution < 1.29 is 33.1 Å². The molecule has 2 fully saturated rings. The zero-order valence-corrected chi connectivity index (χ0v) is 33.1. The van der Waals surface area contributed by atoms with E-state index in [4.69, 9.17) is 15.6 Å². The first-order chi connectivity index (χ1) is 28.7. The number of rotatable bonds is 14. The van der Waals surface area contributed by atoms with Crippen LogP contribution in [-0.4, -0.2) is 84.0 Å². The predicted octanol–water partition coefficient (Wildman–Crippen LogP) is 6.70. The molecule has 0 saturated carbocycles. The molecule has 0 spiro atoms. The fraction of sp³-hybridized carbons (Fsp3) is 0.349. The maximum Gasteiger partial charge on any atom is 0.262 e. The molecule has 14 nitrogen and oxygen atoms in total. The van der Waals surface area contributed by atoms with Crippen molar-refractivity contribution in [2.75, 3.05) is 24.6 Å². The molecule has 16 heteroatoms. The Kier molecular flexibility index (Phi) is 11.7. The molecule has 2 aromatic heterocycles. The van der Waals surface area contributed by atoms with Crippen LogP contribution < -0.4 is 15.8 Å². The van der Waals surface area contributed by atoms with Gasteiger partial charge in [0.25, 0.3) is 11.8 Å². The van der Waals surface area contributed by atoms with Gasteiger partial charge in [-0.05, 0) is 86.4 Å². The number of nitrogens with zero attached hydrogens (tertiary/aromatic N) is 6. The summed E-state index contributed by atoms with van der Waals surface area (Å²) >= 11 is 1.28. The summed E-state index contributed by atoms with van der Waals surface area (Å²) < 4.78 is 22.9. The van der Waals surface area contributed by atoms with E-state index in [2.05, 4.69) is 15.3 Å². The van der Waals surface area contributed by atoms with E-state index in [1.165, 1.54) is 24.2 Å². The number of thioether (sulfide) groups is 1. The van der Waals surface area contributed by atoms with Crippen LogP contribution in [-0.2, 0) is 14.4 Å². The summed E-state index contributed by atoms with van der Waals surface area (Å²) in [6, 6.07) is 18.7. The van der Waals surface area contributed by atoms with Gasteiger partial charge in [-0.1, -0.05) is 37.5 Å². The lowest BCUT2D eigenvalue weighted by Crippen LogP contribution is -2.54. The van der Waals surface area contributed by atoms with Gasteiger partial charge in [-0.3, -0.25) is 34.2 Å². The minimum absolute atomic E-state index is 0.0134. The Morgan fingerprint density at radius 2 is 1.56 bits per heavy atom. The average molecular weight is 819 g/mol. The summed E-state index contributed by atoms with van der Waals surface area (Å²) in [4.78, 5) is 74.9. The minimum Gasteiger partial charge on any atom is -0.457 e. The molecule has 304 valence electrons. The third-order valence-electron chi connectivity index (χ3n) is 11.1. The lowest BCUT2D eigenvalue weighted by Gasteiger charge is -2.32. The van der Waals surface area contributed by atoms with Crippen molar-refractivity contribution in [3.8, 4) is 22.8 Å². The number of carbonyl (C=O) groups is 5. The first kappa shape index (κ1) is 39.7. The summed E-state index contributed by atoms with van der Waals surface area (Å²) in [6.07, 6.45) is 7.78. The molecule has 2 saturated heterocycles. The van der Waals surface area contributed by atoms with E-state index < -0.39 is 35.5 Å². The van der Waals surface area contributed by atoms with Gasteiger partial charge in [0.1, 0.15) is 41.2 Å². The average Bonchev–Trinajstić information content (AvgIpc) is 3.74. The first-order valence-corrected chi connectivity index (χ1v) is 20.9. The first-order valence-electron chi connectivity index (χ1n) is 19.9. The number of aromatic nitrogens is 4. The summed E-state index contributed by atoms with van der Waals surface area (Å²) in [5, 5.41) is 7.86. The van der Waals surface area contributed by atoms with E-state index >= 15 is 0 Å². The molecular formula is C43H43FN8O6S. The van der Waals surface area contributed by atoms with Gasteiger partial charge in [0, 0.05) is 36.4 Å². The SMILES string of the molecule is Nc1ncnc2c1c(-c1ccc(Oc3ccccc3)cc1)nn2C1CCN(C(=O)CCCCCCCSc2cc3c(cc2F)C(=O)N(C2CCC(=O)NC2=O)C3=O)CC1. The highest BCUT2D eigenvalue weighted by Gasteiger charge is 2.45. The van der Waals surface area contributed by atoms with Crippen molar-refractivity contribution >= 4 is 58.1 Å². The molecule has 1 unspecified atom stereocenters. The number of halogens is 1.